The highest BCUT2D eigenvalue weighted by Gasteiger charge is 2.41. The van der Waals surface area contributed by atoms with E-state index in [0.717, 1.165) is 25.7 Å². The van der Waals surface area contributed by atoms with Crippen molar-refractivity contribution >= 4 is 5.97 Å². The molecule has 1 aliphatic heterocycles. The predicted molar refractivity (Wildman–Crippen MR) is 48.9 cm³/mol. The van der Waals surface area contributed by atoms with Gasteiger partial charge in [-0.2, -0.15) is 0 Å². The monoisotopic (exact) mass is 200 g/mol. The molecule has 2 fully saturated rings. The molecule has 80 valence electrons. The average Bonchev–Trinajstić information content (AvgIpc) is 2.17. The van der Waals surface area contributed by atoms with E-state index in [4.69, 9.17) is 9.84 Å². The third kappa shape index (κ3) is 1.77. The van der Waals surface area contributed by atoms with Crippen LogP contribution in [0.25, 0.3) is 0 Å². The van der Waals surface area contributed by atoms with Gasteiger partial charge in [-0.3, -0.25) is 0 Å². The average molecular weight is 200 g/mol. The third-order valence-corrected chi connectivity index (χ3v) is 3.32. The second kappa shape index (κ2) is 3.87. The zero-order valence-corrected chi connectivity index (χ0v) is 8.06. The van der Waals surface area contributed by atoms with Gasteiger partial charge >= 0.3 is 5.97 Å². The van der Waals surface area contributed by atoms with Crippen LogP contribution in [-0.2, 0) is 9.53 Å². The molecule has 0 aromatic rings. The van der Waals surface area contributed by atoms with Crippen molar-refractivity contribution in [2.24, 2.45) is 5.92 Å². The van der Waals surface area contributed by atoms with Gasteiger partial charge < -0.3 is 14.9 Å². The van der Waals surface area contributed by atoms with Crippen molar-refractivity contribution < 1.29 is 19.7 Å². The molecule has 0 aromatic heterocycles. The van der Waals surface area contributed by atoms with Gasteiger partial charge in [-0.05, 0) is 12.8 Å². The van der Waals surface area contributed by atoms with E-state index in [0.29, 0.717) is 0 Å². The maximum absolute atomic E-state index is 10.7. The number of carboxylic acid groups (broad SMARTS) is 1. The molecular weight excluding hydrogens is 184 g/mol. The van der Waals surface area contributed by atoms with E-state index in [2.05, 4.69) is 0 Å². The number of rotatable bonds is 1. The van der Waals surface area contributed by atoms with E-state index in [1.54, 1.807) is 0 Å². The smallest absolute Gasteiger partial charge is 0.332 e. The number of ether oxygens (including phenoxy) is 1. The van der Waals surface area contributed by atoms with Crippen LogP contribution in [0.5, 0.6) is 0 Å². The molecule has 2 rings (SSSR count). The molecule has 0 aromatic carbocycles. The van der Waals surface area contributed by atoms with Gasteiger partial charge in [0.05, 0.1) is 12.2 Å². The minimum absolute atomic E-state index is 0.0337. The quantitative estimate of drug-likeness (QED) is 0.656. The van der Waals surface area contributed by atoms with E-state index < -0.39 is 18.2 Å². The van der Waals surface area contributed by atoms with Crippen molar-refractivity contribution in [3.8, 4) is 0 Å². The van der Waals surface area contributed by atoms with E-state index in [1.807, 2.05) is 0 Å². The van der Waals surface area contributed by atoms with Gasteiger partial charge in [0.1, 0.15) is 0 Å². The molecule has 1 saturated carbocycles. The Morgan fingerprint density at radius 2 is 2.00 bits per heavy atom. The summed E-state index contributed by atoms with van der Waals surface area (Å²) in [6.07, 6.45) is 2.99. The Morgan fingerprint density at radius 3 is 2.71 bits per heavy atom. The summed E-state index contributed by atoms with van der Waals surface area (Å²) in [6, 6.07) is 0. The Labute approximate surface area is 82.9 Å². The van der Waals surface area contributed by atoms with Crippen molar-refractivity contribution in [1.29, 1.82) is 0 Å². The molecule has 1 aliphatic carbocycles. The number of carboxylic acids is 1. The summed E-state index contributed by atoms with van der Waals surface area (Å²) in [7, 11) is 0. The minimum atomic E-state index is -0.951. The number of carbonyl (C=O) groups is 1. The topological polar surface area (TPSA) is 66.8 Å². The molecule has 4 atom stereocenters. The van der Waals surface area contributed by atoms with Crippen LogP contribution in [0, 0.1) is 5.92 Å². The van der Waals surface area contributed by atoms with Crippen LogP contribution in [0.4, 0.5) is 0 Å². The highest BCUT2D eigenvalue weighted by molar-refractivity contribution is 5.72. The molecule has 1 heterocycles. The van der Waals surface area contributed by atoms with Gasteiger partial charge in [0.15, 0.2) is 6.10 Å². The Balaban J connectivity index is 2.04. The Hall–Kier alpha value is -0.610. The van der Waals surface area contributed by atoms with E-state index in [1.165, 1.54) is 0 Å². The first-order chi connectivity index (χ1) is 6.68. The van der Waals surface area contributed by atoms with Gasteiger partial charge in [-0.1, -0.05) is 12.8 Å². The van der Waals surface area contributed by atoms with Gasteiger partial charge in [-0.15, -0.1) is 0 Å². The van der Waals surface area contributed by atoms with Crippen LogP contribution in [0.2, 0.25) is 0 Å². The normalized spacial score (nSPS) is 42.9. The van der Waals surface area contributed by atoms with Crippen LogP contribution in [-0.4, -0.2) is 34.5 Å². The number of aliphatic hydroxyl groups is 1. The second-order valence-electron chi connectivity index (χ2n) is 4.25. The van der Waals surface area contributed by atoms with Crippen LogP contribution in [0.15, 0.2) is 0 Å². The summed E-state index contributed by atoms with van der Waals surface area (Å²) in [5, 5.41) is 18.6. The number of aliphatic hydroxyl groups excluding tert-OH is 1. The maximum atomic E-state index is 10.7. The molecule has 2 aliphatic rings. The maximum Gasteiger partial charge on any atom is 0.332 e. The van der Waals surface area contributed by atoms with Crippen LogP contribution >= 0.6 is 0 Å². The Bertz CT molecular complexity index is 228. The predicted octanol–water partition coefficient (Wildman–Crippen LogP) is 0.780. The van der Waals surface area contributed by atoms with Gasteiger partial charge in [0.2, 0.25) is 0 Å². The van der Waals surface area contributed by atoms with Gasteiger partial charge in [0.25, 0.3) is 0 Å². The van der Waals surface area contributed by atoms with Crippen molar-refractivity contribution in [2.45, 2.75) is 50.4 Å². The molecule has 0 spiro atoms. The molecule has 0 radical (unpaired) electrons. The minimum Gasteiger partial charge on any atom is -0.479 e. The summed E-state index contributed by atoms with van der Waals surface area (Å²) in [5.74, 6) is -0.785. The Kier molecular flexibility index (Phi) is 2.74. The molecule has 2 N–H and O–H groups in total. The highest BCUT2D eigenvalue weighted by atomic mass is 16.5. The van der Waals surface area contributed by atoms with Crippen LogP contribution in [0.1, 0.15) is 32.1 Å². The molecule has 0 amide bonds. The fraction of sp³-hybridized carbons (Fsp3) is 0.900. The molecule has 4 nitrogen and oxygen atoms in total. The lowest BCUT2D eigenvalue weighted by molar-refractivity contribution is -0.181. The van der Waals surface area contributed by atoms with E-state index in [-0.39, 0.29) is 18.4 Å². The Morgan fingerprint density at radius 1 is 1.29 bits per heavy atom. The lowest BCUT2D eigenvalue weighted by atomic mass is 9.79. The summed E-state index contributed by atoms with van der Waals surface area (Å²) >= 11 is 0. The molecule has 2 unspecified atom stereocenters. The lowest BCUT2D eigenvalue weighted by Crippen LogP contribution is -2.48. The summed E-state index contributed by atoms with van der Waals surface area (Å²) in [6.45, 7) is 0. The van der Waals surface area contributed by atoms with Crippen molar-refractivity contribution in [3.63, 3.8) is 0 Å². The molecule has 4 heteroatoms. The highest BCUT2D eigenvalue weighted by Crippen LogP contribution is 2.35. The number of aliphatic carboxylic acids is 1. The summed E-state index contributed by atoms with van der Waals surface area (Å²) in [5.41, 5.74) is 0. The first-order valence-electron chi connectivity index (χ1n) is 5.25. The van der Waals surface area contributed by atoms with E-state index in [9.17, 15) is 9.90 Å². The van der Waals surface area contributed by atoms with Crippen LogP contribution < -0.4 is 0 Å². The first-order valence-corrected chi connectivity index (χ1v) is 5.25. The standard InChI is InChI=1S/C10H16O4/c11-7-5-9(10(12)13)14-8-4-2-1-3-6(7)8/h6-9,11H,1-5H2,(H,12,13)/t6?,7-,8?,9+/m1/s1. The fourth-order valence-corrected chi connectivity index (χ4v) is 2.55. The number of fused-ring (bicyclic) bond motifs is 1. The van der Waals surface area contributed by atoms with Crippen molar-refractivity contribution in [3.05, 3.63) is 0 Å². The SMILES string of the molecule is O=C(O)[C@@H]1C[C@@H](O)C2CCCCC2O1. The first kappa shape index (κ1) is 9.93. The largest absolute Gasteiger partial charge is 0.479 e. The number of hydrogen-bond acceptors (Lipinski definition) is 3. The lowest BCUT2D eigenvalue weighted by Gasteiger charge is -2.41. The zero-order valence-electron chi connectivity index (χ0n) is 8.06. The van der Waals surface area contributed by atoms with Gasteiger partial charge in [-0.25, -0.2) is 4.79 Å². The van der Waals surface area contributed by atoms with Crippen LogP contribution in [0.3, 0.4) is 0 Å². The molecular formula is C10H16O4. The summed E-state index contributed by atoms with van der Waals surface area (Å²) in [4.78, 5) is 10.7. The number of hydrogen-bond donors (Lipinski definition) is 2. The van der Waals surface area contributed by atoms with Gasteiger partial charge in [0, 0.05) is 12.3 Å². The molecule has 14 heavy (non-hydrogen) atoms. The second-order valence-corrected chi connectivity index (χ2v) is 4.25. The fourth-order valence-electron chi connectivity index (χ4n) is 2.55. The van der Waals surface area contributed by atoms with Crippen molar-refractivity contribution in [2.75, 3.05) is 0 Å². The molecule has 1 saturated heterocycles. The summed E-state index contributed by atoms with van der Waals surface area (Å²) < 4.78 is 5.46. The molecule has 0 bridgehead atoms. The third-order valence-electron chi connectivity index (χ3n) is 3.32. The van der Waals surface area contributed by atoms with E-state index >= 15 is 0 Å². The van der Waals surface area contributed by atoms with Crippen molar-refractivity contribution in [1.82, 2.24) is 0 Å². The zero-order chi connectivity index (χ0) is 10.1.